The Morgan fingerprint density at radius 2 is 1.53 bits per heavy atom. The number of rotatable bonds is 2. The fourth-order valence-corrected chi connectivity index (χ4v) is 6.40. The molecule has 3 aliphatic carbocycles. The van der Waals surface area contributed by atoms with E-state index in [0.717, 1.165) is 22.3 Å². The monoisotopic (exact) mass is 443 g/mol. The highest BCUT2D eigenvalue weighted by atomic mass is 35.5. The number of halogens is 1. The minimum Gasteiger partial charge on any atom is -0.465 e. The Morgan fingerprint density at radius 1 is 0.906 bits per heavy atom. The highest BCUT2D eigenvalue weighted by Gasteiger charge is 2.68. The van der Waals surface area contributed by atoms with Crippen LogP contribution in [0.15, 0.2) is 72.8 Å². The van der Waals surface area contributed by atoms with E-state index in [1.165, 1.54) is 18.1 Å². The van der Waals surface area contributed by atoms with Crippen molar-refractivity contribution in [2.45, 2.75) is 10.8 Å². The molecule has 0 saturated carbocycles. The van der Waals surface area contributed by atoms with Crippen LogP contribution < -0.4 is 4.90 Å². The summed E-state index contributed by atoms with van der Waals surface area (Å²) in [5, 5.41) is 0. The molecular weight excluding hydrogens is 426 g/mol. The maximum absolute atomic E-state index is 13.8. The third-order valence-corrected chi connectivity index (χ3v) is 7.68. The summed E-state index contributed by atoms with van der Waals surface area (Å²) in [6.07, 6.45) is 0. The molecule has 6 heteroatoms. The maximum Gasteiger partial charge on any atom is 0.337 e. The van der Waals surface area contributed by atoms with Crippen molar-refractivity contribution < 1.29 is 19.1 Å². The van der Waals surface area contributed by atoms with Crippen LogP contribution in [0.4, 0.5) is 5.69 Å². The lowest BCUT2D eigenvalue weighted by Crippen LogP contribution is -2.50. The Morgan fingerprint density at radius 3 is 2.16 bits per heavy atom. The van der Waals surface area contributed by atoms with Gasteiger partial charge < -0.3 is 4.74 Å². The first-order valence-electron chi connectivity index (χ1n) is 10.4. The van der Waals surface area contributed by atoms with Crippen LogP contribution in [0.1, 0.15) is 38.5 Å². The summed E-state index contributed by atoms with van der Waals surface area (Å²) >= 11 is 7.40. The lowest BCUT2D eigenvalue weighted by atomic mass is 9.54. The molecule has 2 atom stereocenters. The van der Waals surface area contributed by atoms with Crippen LogP contribution in [-0.2, 0) is 19.2 Å². The number of ether oxygens (including phenoxy) is 1. The number of methoxy groups -OCH3 is 1. The van der Waals surface area contributed by atoms with Crippen LogP contribution in [0.25, 0.3) is 0 Å². The lowest BCUT2D eigenvalue weighted by Gasteiger charge is -2.50. The number of carbonyl (C=O) groups is 3. The molecule has 4 aliphatic rings. The minimum absolute atomic E-state index is 0.252. The number of esters is 1. The standard InChI is InChI=1S/C26H18ClNO4/c1-32-25(31)14-7-6-8-15(13-14)28-23(29)21-20-16-9-2-4-11-18(16)26(27,22(21)24(28)30)19-12-5-3-10-17(19)20/h2-13,20-22H,1H3/t20?,21-,22+,26?/m0/s1. The van der Waals surface area contributed by atoms with Gasteiger partial charge in [0.25, 0.3) is 0 Å². The average Bonchev–Trinajstić information content (AvgIpc) is 3.10. The Balaban J connectivity index is 1.56. The first-order valence-corrected chi connectivity index (χ1v) is 10.8. The van der Waals surface area contributed by atoms with E-state index in [0.29, 0.717) is 5.69 Å². The van der Waals surface area contributed by atoms with Crippen molar-refractivity contribution >= 4 is 35.1 Å². The van der Waals surface area contributed by atoms with Crippen molar-refractivity contribution in [2.75, 3.05) is 12.0 Å². The molecule has 1 fully saturated rings. The Hall–Kier alpha value is -3.44. The molecule has 0 radical (unpaired) electrons. The van der Waals surface area contributed by atoms with Gasteiger partial charge in [-0.05, 0) is 40.5 Å². The number of hydrogen-bond acceptors (Lipinski definition) is 4. The summed E-state index contributed by atoms with van der Waals surface area (Å²) in [7, 11) is 1.29. The molecule has 3 aromatic rings. The van der Waals surface area contributed by atoms with Gasteiger partial charge in [0.2, 0.25) is 11.8 Å². The van der Waals surface area contributed by atoms with Crippen LogP contribution in [0.5, 0.6) is 0 Å². The molecule has 0 unspecified atom stereocenters. The molecule has 1 saturated heterocycles. The first kappa shape index (κ1) is 19.3. The normalized spacial score (nSPS) is 27.1. The largest absolute Gasteiger partial charge is 0.465 e. The second-order valence-corrected chi connectivity index (χ2v) is 9.02. The number of nitrogens with zero attached hydrogens (tertiary/aromatic N) is 1. The molecule has 0 N–H and O–H groups in total. The van der Waals surface area contributed by atoms with E-state index in [1.807, 2.05) is 48.5 Å². The van der Waals surface area contributed by atoms with Gasteiger partial charge >= 0.3 is 5.97 Å². The molecular formula is C26H18ClNO4. The summed E-state index contributed by atoms with van der Waals surface area (Å²) in [6, 6.07) is 22.0. The van der Waals surface area contributed by atoms with Crippen molar-refractivity contribution in [2.24, 2.45) is 11.8 Å². The molecule has 1 aliphatic heterocycles. The molecule has 2 amide bonds. The number of carbonyl (C=O) groups excluding carboxylic acids is 3. The van der Waals surface area contributed by atoms with Crippen molar-refractivity contribution in [3.63, 3.8) is 0 Å². The summed E-state index contributed by atoms with van der Waals surface area (Å²) < 4.78 is 4.80. The Bertz CT molecular complexity index is 1290. The van der Waals surface area contributed by atoms with Crippen LogP contribution in [-0.4, -0.2) is 24.9 Å². The molecule has 158 valence electrons. The Labute approximate surface area is 189 Å². The van der Waals surface area contributed by atoms with Crippen LogP contribution >= 0.6 is 11.6 Å². The summed E-state index contributed by atoms with van der Waals surface area (Å²) in [4.78, 5) is 39.7. The van der Waals surface area contributed by atoms with Crippen LogP contribution in [0.2, 0.25) is 0 Å². The highest BCUT2D eigenvalue weighted by molar-refractivity contribution is 6.33. The second-order valence-electron chi connectivity index (χ2n) is 8.42. The third-order valence-electron chi connectivity index (χ3n) is 7.04. The van der Waals surface area contributed by atoms with Gasteiger partial charge in [0, 0.05) is 5.92 Å². The summed E-state index contributed by atoms with van der Waals surface area (Å²) in [6.45, 7) is 0. The average molecular weight is 444 g/mol. The quantitative estimate of drug-likeness (QED) is 0.338. The number of hydrogen-bond donors (Lipinski definition) is 0. The minimum atomic E-state index is -1.13. The van der Waals surface area contributed by atoms with Gasteiger partial charge in [0.05, 0.1) is 30.2 Å². The van der Waals surface area contributed by atoms with Gasteiger partial charge in [-0.1, -0.05) is 54.6 Å². The molecule has 3 aromatic carbocycles. The van der Waals surface area contributed by atoms with Gasteiger partial charge in [-0.2, -0.15) is 0 Å². The number of amides is 2. The van der Waals surface area contributed by atoms with E-state index in [1.54, 1.807) is 18.2 Å². The topological polar surface area (TPSA) is 63.7 Å². The van der Waals surface area contributed by atoms with Gasteiger partial charge in [-0.3, -0.25) is 9.59 Å². The van der Waals surface area contributed by atoms with E-state index in [4.69, 9.17) is 16.3 Å². The molecule has 0 aromatic heterocycles. The number of anilines is 1. The van der Waals surface area contributed by atoms with Crippen LogP contribution in [0.3, 0.4) is 0 Å². The zero-order chi connectivity index (χ0) is 22.2. The van der Waals surface area contributed by atoms with Crippen molar-refractivity contribution in [1.29, 1.82) is 0 Å². The van der Waals surface area contributed by atoms with Gasteiger partial charge in [-0.15, -0.1) is 11.6 Å². The molecule has 7 rings (SSSR count). The maximum atomic E-state index is 13.8. The molecule has 0 spiro atoms. The first-order chi connectivity index (χ1) is 15.5. The van der Waals surface area contributed by atoms with E-state index in [-0.39, 0.29) is 23.3 Å². The van der Waals surface area contributed by atoms with E-state index in [9.17, 15) is 14.4 Å². The van der Waals surface area contributed by atoms with Gasteiger partial charge in [-0.25, -0.2) is 9.69 Å². The smallest absolute Gasteiger partial charge is 0.337 e. The third kappa shape index (κ3) is 2.21. The zero-order valence-electron chi connectivity index (χ0n) is 17.1. The van der Waals surface area contributed by atoms with E-state index in [2.05, 4.69) is 0 Å². The molecule has 5 nitrogen and oxygen atoms in total. The predicted octanol–water partition coefficient (Wildman–Crippen LogP) is 4.22. The summed E-state index contributed by atoms with van der Waals surface area (Å²) in [5.41, 5.74) is 4.39. The van der Waals surface area contributed by atoms with Crippen molar-refractivity contribution in [3.05, 3.63) is 101 Å². The van der Waals surface area contributed by atoms with E-state index >= 15 is 0 Å². The predicted molar refractivity (Wildman–Crippen MR) is 119 cm³/mol. The zero-order valence-corrected chi connectivity index (χ0v) is 17.9. The number of benzene rings is 3. The fraction of sp³-hybridized carbons (Fsp3) is 0.192. The highest BCUT2D eigenvalue weighted by Crippen LogP contribution is 2.65. The summed E-state index contributed by atoms with van der Waals surface area (Å²) in [5.74, 6) is -2.75. The number of imide groups is 1. The second kappa shape index (κ2) is 6.53. The van der Waals surface area contributed by atoms with Crippen LogP contribution in [0, 0.1) is 11.8 Å². The van der Waals surface area contributed by atoms with Crippen molar-refractivity contribution in [1.82, 2.24) is 0 Å². The fourth-order valence-electron chi connectivity index (χ4n) is 5.82. The van der Waals surface area contributed by atoms with Gasteiger partial charge in [0.1, 0.15) is 4.87 Å². The Kier molecular flexibility index (Phi) is 3.93. The lowest BCUT2D eigenvalue weighted by molar-refractivity contribution is -0.122. The number of alkyl halides is 1. The van der Waals surface area contributed by atoms with Crippen molar-refractivity contribution in [3.8, 4) is 0 Å². The molecule has 1 heterocycles. The SMILES string of the molecule is COC(=O)c1cccc(N2C(=O)[C@H]3C4c5ccccc5C(Cl)(c5ccccc54)[C@H]3C2=O)c1. The van der Waals surface area contributed by atoms with E-state index < -0.39 is 22.7 Å². The van der Waals surface area contributed by atoms with Gasteiger partial charge in [0.15, 0.2) is 0 Å². The molecule has 2 bridgehead atoms. The molecule has 32 heavy (non-hydrogen) atoms.